The van der Waals surface area contributed by atoms with Gasteiger partial charge in [0.25, 0.3) is 5.91 Å². The maximum atomic E-state index is 13.4. The number of carbonyl (C=O) groups is 2. The molecule has 156 valence electrons. The third-order valence-electron chi connectivity index (χ3n) is 4.49. The lowest BCUT2D eigenvalue weighted by Gasteiger charge is -2.33. The van der Waals surface area contributed by atoms with Crippen LogP contribution in [-0.2, 0) is 11.3 Å². The Hall–Kier alpha value is -3.06. The Morgan fingerprint density at radius 3 is 2.30 bits per heavy atom. The topological polar surface area (TPSA) is 75.2 Å². The van der Waals surface area contributed by atoms with Crippen LogP contribution in [0.4, 0.5) is 0 Å². The zero-order chi connectivity index (χ0) is 21.7. The average Bonchev–Trinajstić information content (AvgIpc) is 3.23. The van der Waals surface area contributed by atoms with Crippen molar-refractivity contribution in [2.45, 2.75) is 45.8 Å². The number of aromatic nitrogens is 2. The lowest BCUT2D eigenvalue weighted by Crippen LogP contribution is -2.49. The molecule has 0 fully saturated rings. The van der Waals surface area contributed by atoms with E-state index in [1.807, 2.05) is 82.3 Å². The molecule has 0 bridgehead atoms. The van der Waals surface area contributed by atoms with Crippen LogP contribution in [0.3, 0.4) is 0 Å². The van der Waals surface area contributed by atoms with Gasteiger partial charge in [0.2, 0.25) is 5.91 Å². The summed E-state index contributed by atoms with van der Waals surface area (Å²) in [7, 11) is 0. The fourth-order valence-electron chi connectivity index (χ4n) is 3.12. The predicted octanol–water partition coefficient (Wildman–Crippen LogP) is 4.14. The minimum absolute atomic E-state index is 0.233. The summed E-state index contributed by atoms with van der Waals surface area (Å²) in [4.78, 5) is 28.4. The van der Waals surface area contributed by atoms with Crippen LogP contribution in [0, 0.1) is 6.92 Å². The fourth-order valence-corrected chi connectivity index (χ4v) is 3.55. The third-order valence-corrected chi connectivity index (χ3v) is 4.99. The quantitative estimate of drug-likeness (QED) is 0.648. The van der Waals surface area contributed by atoms with Gasteiger partial charge in [0, 0.05) is 17.5 Å². The van der Waals surface area contributed by atoms with Crippen molar-refractivity contribution in [1.29, 1.82) is 0 Å². The number of hydrogen-bond acceptors (Lipinski definition) is 5. The van der Waals surface area contributed by atoms with Gasteiger partial charge in [-0.25, -0.2) is 0 Å². The van der Waals surface area contributed by atoms with Gasteiger partial charge in [0.1, 0.15) is 6.04 Å². The first-order valence-corrected chi connectivity index (χ1v) is 10.6. The van der Waals surface area contributed by atoms with Crippen LogP contribution in [0.15, 0.2) is 60.0 Å². The van der Waals surface area contributed by atoms with Gasteiger partial charge in [0.15, 0.2) is 5.69 Å². The number of aryl methyl sites for hydroxylation is 1. The summed E-state index contributed by atoms with van der Waals surface area (Å²) < 4.78 is 3.82. The molecule has 0 aliphatic heterocycles. The van der Waals surface area contributed by atoms with Crippen molar-refractivity contribution in [3.8, 4) is 0 Å². The first-order valence-electron chi connectivity index (χ1n) is 9.75. The number of nitrogens with zero attached hydrogens (tertiary/aromatic N) is 3. The summed E-state index contributed by atoms with van der Waals surface area (Å²) >= 11 is 1.11. The lowest BCUT2D eigenvalue weighted by molar-refractivity contribution is -0.127. The molecule has 2 amide bonds. The summed E-state index contributed by atoms with van der Waals surface area (Å²) in [6.45, 7) is 8.04. The van der Waals surface area contributed by atoms with Gasteiger partial charge in [-0.2, -0.15) is 0 Å². The maximum Gasteiger partial charge on any atom is 0.276 e. The molecule has 1 aromatic heterocycles. The highest BCUT2D eigenvalue weighted by Gasteiger charge is 2.34. The number of rotatable bonds is 6. The summed E-state index contributed by atoms with van der Waals surface area (Å²) in [5.41, 5.74) is 2.59. The van der Waals surface area contributed by atoms with E-state index in [9.17, 15) is 9.59 Å². The first kappa shape index (κ1) is 21.6. The molecular formula is C23H26N4O2S. The van der Waals surface area contributed by atoms with E-state index in [1.165, 1.54) is 0 Å². The molecule has 0 saturated heterocycles. The van der Waals surface area contributed by atoms with Crippen molar-refractivity contribution >= 4 is 23.3 Å². The Kier molecular flexibility index (Phi) is 6.62. The predicted molar refractivity (Wildman–Crippen MR) is 118 cm³/mol. The fraction of sp³-hybridized carbons (Fsp3) is 0.304. The average molecular weight is 423 g/mol. The molecule has 2 aromatic carbocycles. The minimum Gasteiger partial charge on any atom is -0.349 e. The molecule has 0 radical (unpaired) electrons. The monoisotopic (exact) mass is 422 g/mol. The second kappa shape index (κ2) is 9.17. The number of carbonyl (C=O) groups excluding carboxylic acids is 2. The van der Waals surface area contributed by atoms with Crippen LogP contribution < -0.4 is 5.32 Å². The zero-order valence-electron chi connectivity index (χ0n) is 17.6. The molecule has 3 rings (SSSR count). The molecule has 1 N–H and O–H groups in total. The lowest BCUT2D eigenvalue weighted by atomic mass is 10.0. The molecule has 1 atom stereocenters. The molecule has 7 heteroatoms. The van der Waals surface area contributed by atoms with E-state index in [1.54, 1.807) is 10.3 Å². The van der Waals surface area contributed by atoms with Crippen LogP contribution >= 0.6 is 11.5 Å². The van der Waals surface area contributed by atoms with Gasteiger partial charge < -0.3 is 10.2 Å². The van der Waals surface area contributed by atoms with E-state index in [2.05, 4.69) is 14.9 Å². The Labute approximate surface area is 181 Å². The Morgan fingerprint density at radius 1 is 1.07 bits per heavy atom. The van der Waals surface area contributed by atoms with Crippen LogP contribution in [-0.4, -0.2) is 31.8 Å². The van der Waals surface area contributed by atoms with Crippen molar-refractivity contribution in [3.63, 3.8) is 0 Å². The summed E-state index contributed by atoms with van der Waals surface area (Å²) in [6, 6.07) is 16.5. The molecule has 0 aliphatic rings. The number of nitrogens with one attached hydrogen (secondary N) is 1. The molecule has 30 heavy (non-hydrogen) atoms. The van der Waals surface area contributed by atoms with Crippen molar-refractivity contribution in [2.75, 3.05) is 0 Å². The molecule has 6 nitrogen and oxygen atoms in total. The highest BCUT2D eigenvalue weighted by molar-refractivity contribution is 7.03. The van der Waals surface area contributed by atoms with Crippen molar-refractivity contribution in [1.82, 2.24) is 19.8 Å². The molecule has 1 heterocycles. The number of benzene rings is 2. The summed E-state index contributed by atoms with van der Waals surface area (Å²) in [5.74, 6) is -0.570. The number of amides is 2. The Morgan fingerprint density at radius 2 is 1.73 bits per heavy atom. The number of hydrogen-bond donors (Lipinski definition) is 1. The van der Waals surface area contributed by atoms with Crippen molar-refractivity contribution in [3.05, 3.63) is 82.4 Å². The van der Waals surface area contributed by atoms with Crippen LogP contribution in [0.2, 0.25) is 0 Å². The Balaban J connectivity index is 2.06. The highest BCUT2D eigenvalue weighted by atomic mass is 32.1. The molecule has 0 spiro atoms. The van der Waals surface area contributed by atoms with Gasteiger partial charge >= 0.3 is 0 Å². The second-order valence-corrected chi connectivity index (χ2v) is 8.87. The van der Waals surface area contributed by atoms with E-state index < -0.39 is 11.6 Å². The zero-order valence-corrected chi connectivity index (χ0v) is 18.4. The molecule has 0 saturated carbocycles. The van der Waals surface area contributed by atoms with Crippen LogP contribution in [0.5, 0.6) is 0 Å². The smallest absolute Gasteiger partial charge is 0.276 e. The van der Waals surface area contributed by atoms with Crippen LogP contribution in [0.25, 0.3) is 0 Å². The van der Waals surface area contributed by atoms with E-state index in [-0.39, 0.29) is 24.1 Å². The van der Waals surface area contributed by atoms with Crippen molar-refractivity contribution in [2.24, 2.45) is 0 Å². The van der Waals surface area contributed by atoms with Gasteiger partial charge in [-0.15, -0.1) is 5.10 Å². The standard InChI is InChI=1S/C23H26N4O2S/c1-16-10-12-17(13-11-16)14-27(22(29)19-15-30-26-25-19)20(18-8-6-5-7-9-18)21(28)24-23(2,3)4/h5-13,15,20H,14H2,1-4H3,(H,24,28)/t20-/m1/s1. The van der Waals surface area contributed by atoms with Crippen molar-refractivity contribution < 1.29 is 9.59 Å². The first-order chi connectivity index (χ1) is 14.2. The van der Waals surface area contributed by atoms with Gasteiger partial charge in [-0.05, 0) is 50.4 Å². The Bertz CT molecular complexity index is 980. The van der Waals surface area contributed by atoms with E-state index in [4.69, 9.17) is 0 Å². The maximum absolute atomic E-state index is 13.4. The van der Waals surface area contributed by atoms with Crippen LogP contribution in [0.1, 0.15) is 54.0 Å². The van der Waals surface area contributed by atoms with E-state index >= 15 is 0 Å². The highest BCUT2D eigenvalue weighted by Crippen LogP contribution is 2.26. The van der Waals surface area contributed by atoms with E-state index in [0.29, 0.717) is 0 Å². The summed E-state index contributed by atoms with van der Waals surface area (Å²) in [5, 5.41) is 8.58. The molecule has 0 aliphatic carbocycles. The molecule has 0 unspecified atom stereocenters. The van der Waals surface area contributed by atoms with E-state index in [0.717, 1.165) is 28.2 Å². The second-order valence-electron chi connectivity index (χ2n) is 8.26. The minimum atomic E-state index is -0.805. The van der Waals surface area contributed by atoms with Gasteiger partial charge in [-0.3, -0.25) is 9.59 Å². The molecular weight excluding hydrogens is 396 g/mol. The summed E-state index contributed by atoms with van der Waals surface area (Å²) in [6.07, 6.45) is 0. The normalized spacial score (nSPS) is 12.3. The van der Waals surface area contributed by atoms with Gasteiger partial charge in [0.05, 0.1) is 0 Å². The molecule has 3 aromatic rings. The van der Waals surface area contributed by atoms with Gasteiger partial charge in [-0.1, -0.05) is 64.6 Å². The SMILES string of the molecule is Cc1ccc(CN(C(=O)c2csnn2)[C@@H](C(=O)NC(C)(C)C)c2ccccc2)cc1. The third kappa shape index (κ3) is 5.51. The largest absolute Gasteiger partial charge is 0.349 e.